The number of benzene rings is 1. The van der Waals surface area contributed by atoms with Gasteiger partial charge in [0.2, 0.25) is 0 Å². The molecule has 1 heterocycles. The van der Waals surface area contributed by atoms with Crippen LogP contribution in [-0.4, -0.2) is 19.1 Å². The lowest BCUT2D eigenvalue weighted by molar-refractivity contribution is 0.422. The summed E-state index contributed by atoms with van der Waals surface area (Å²) >= 11 is 3.61. The van der Waals surface area contributed by atoms with Gasteiger partial charge < -0.3 is 10.6 Å². The Morgan fingerprint density at radius 1 is 1.40 bits per heavy atom. The van der Waals surface area contributed by atoms with Crippen LogP contribution < -0.4 is 10.6 Å². The highest BCUT2D eigenvalue weighted by Gasteiger charge is 2.26. The second-order valence-electron chi connectivity index (χ2n) is 6.38. The van der Waals surface area contributed by atoms with Gasteiger partial charge in [-0.15, -0.1) is 0 Å². The highest BCUT2D eigenvalue weighted by atomic mass is 79.9. The zero-order valence-electron chi connectivity index (χ0n) is 12.9. The molecule has 1 saturated heterocycles. The summed E-state index contributed by atoms with van der Waals surface area (Å²) in [4.78, 5) is 2.55. The first-order valence-electron chi connectivity index (χ1n) is 7.80. The van der Waals surface area contributed by atoms with E-state index < -0.39 is 0 Å². The van der Waals surface area contributed by atoms with Crippen LogP contribution in [0.3, 0.4) is 0 Å². The van der Waals surface area contributed by atoms with Gasteiger partial charge in [-0.3, -0.25) is 0 Å². The Kier molecular flexibility index (Phi) is 5.50. The maximum Gasteiger partial charge on any atom is 0.0410 e. The van der Waals surface area contributed by atoms with Crippen molar-refractivity contribution in [3.63, 3.8) is 0 Å². The van der Waals surface area contributed by atoms with Gasteiger partial charge >= 0.3 is 0 Å². The predicted molar refractivity (Wildman–Crippen MR) is 91.3 cm³/mol. The molecule has 0 spiro atoms. The number of anilines is 1. The van der Waals surface area contributed by atoms with E-state index in [-0.39, 0.29) is 6.04 Å². The van der Waals surface area contributed by atoms with Crippen LogP contribution in [0.1, 0.15) is 39.2 Å². The number of halogens is 1. The van der Waals surface area contributed by atoms with E-state index in [2.05, 4.69) is 59.8 Å². The largest absolute Gasteiger partial charge is 0.371 e. The summed E-state index contributed by atoms with van der Waals surface area (Å²) in [6.45, 7) is 9.19. The quantitative estimate of drug-likeness (QED) is 0.871. The number of nitrogens with two attached hydrogens (primary N) is 1. The third-order valence-electron chi connectivity index (χ3n) is 4.56. The molecule has 1 aliphatic rings. The molecule has 0 aliphatic carbocycles. The van der Waals surface area contributed by atoms with Crippen LogP contribution in [0.25, 0.3) is 0 Å². The lowest BCUT2D eigenvalue weighted by Crippen LogP contribution is -2.26. The third-order valence-corrected chi connectivity index (χ3v) is 5.06. The zero-order valence-corrected chi connectivity index (χ0v) is 14.5. The zero-order chi connectivity index (χ0) is 14.7. The van der Waals surface area contributed by atoms with Crippen LogP contribution >= 0.6 is 15.9 Å². The second kappa shape index (κ2) is 6.95. The van der Waals surface area contributed by atoms with Gasteiger partial charge in [0.15, 0.2) is 0 Å². The number of hydrogen-bond donors (Lipinski definition) is 1. The first kappa shape index (κ1) is 15.8. The van der Waals surface area contributed by atoms with Crippen molar-refractivity contribution < 1.29 is 0 Å². The molecule has 2 rings (SSSR count). The first-order chi connectivity index (χ1) is 9.51. The van der Waals surface area contributed by atoms with Crippen LogP contribution in [0.5, 0.6) is 0 Å². The molecule has 0 bridgehead atoms. The van der Waals surface area contributed by atoms with Crippen molar-refractivity contribution >= 4 is 21.6 Å². The smallest absolute Gasteiger partial charge is 0.0410 e. The highest BCUT2D eigenvalue weighted by Crippen LogP contribution is 2.33. The summed E-state index contributed by atoms with van der Waals surface area (Å²) in [6, 6.07) is 6.90. The molecule has 0 amide bonds. The van der Waals surface area contributed by atoms with Crippen LogP contribution in [-0.2, 0) is 6.42 Å². The van der Waals surface area contributed by atoms with E-state index in [4.69, 9.17) is 5.73 Å². The minimum Gasteiger partial charge on any atom is -0.371 e. The van der Waals surface area contributed by atoms with Gasteiger partial charge in [-0.05, 0) is 48.8 Å². The Morgan fingerprint density at radius 3 is 2.75 bits per heavy atom. The SMILES string of the molecule is CCC(N)Cc1ccc(Br)cc1N1CCC(C(C)C)C1. The van der Waals surface area contributed by atoms with Crippen molar-refractivity contribution in [2.75, 3.05) is 18.0 Å². The van der Waals surface area contributed by atoms with Gasteiger partial charge in [0, 0.05) is 29.3 Å². The minimum absolute atomic E-state index is 0.262. The number of hydrogen-bond acceptors (Lipinski definition) is 2. The van der Waals surface area contributed by atoms with Gasteiger partial charge in [-0.1, -0.05) is 42.8 Å². The Bertz CT molecular complexity index is 445. The molecule has 2 N–H and O–H groups in total. The van der Waals surface area contributed by atoms with E-state index in [1.54, 1.807) is 0 Å². The maximum atomic E-state index is 6.16. The minimum atomic E-state index is 0.262. The Balaban J connectivity index is 2.19. The predicted octanol–water partition coefficient (Wildman–Crippen LogP) is 4.21. The molecular weight excluding hydrogens is 312 g/mol. The van der Waals surface area contributed by atoms with E-state index in [0.29, 0.717) is 0 Å². The molecule has 2 atom stereocenters. The van der Waals surface area contributed by atoms with E-state index in [1.807, 2.05) is 0 Å². The Morgan fingerprint density at radius 2 is 2.15 bits per heavy atom. The van der Waals surface area contributed by atoms with Crippen LogP contribution in [0.4, 0.5) is 5.69 Å². The molecule has 112 valence electrons. The molecule has 0 aromatic heterocycles. The van der Waals surface area contributed by atoms with Crippen LogP contribution in [0.2, 0.25) is 0 Å². The Labute approximate surface area is 131 Å². The lowest BCUT2D eigenvalue weighted by atomic mass is 9.95. The molecular formula is C17H27BrN2. The summed E-state index contributed by atoms with van der Waals surface area (Å²) < 4.78 is 1.16. The molecule has 1 aliphatic heterocycles. The summed E-state index contributed by atoms with van der Waals surface area (Å²) in [5.74, 6) is 1.59. The van der Waals surface area contributed by atoms with Crippen molar-refractivity contribution in [2.45, 2.75) is 46.1 Å². The maximum absolute atomic E-state index is 6.16. The van der Waals surface area contributed by atoms with Gasteiger partial charge in [-0.2, -0.15) is 0 Å². The van der Waals surface area contributed by atoms with Crippen LogP contribution in [0.15, 0.2) is 22.7 Å². The normalized spacial score (nSPS) is 20.7. The van der Waals surface area contributed by atoms with Crippen molar-refractivity contribution in [1.29, 1.82) is 0 Å². The number of rotatable bonds is 5. The fraction of sp³-hybridized carbons (Fsp3) is 0.647. The summed E-state index contributed by atoms with van der Waals surface area (Å²) in [7, 11) is 0. The van der Waals surface area contributed by atoms with E-state index in [0.717, 1.165) is 29.2 Å². The third kappa shape index (κ3) is 3.76. The van der Waals surface area contributed by atoms with Gasteiger partial charge in [0.25, 0.3) is 0 Å². The molecule has 1 aromatic rings. The van der Waals surface area contributed by atoms with E-state index in [1.165, 1.54) is 30.8 Å². The fourth-order valence-corrected chi connectivity index (χ4v) is 3.33. The van der Waals surface area contributed by atoms with Crippen molar-refractivity contribution in [3.8, 4) is 0 Å². The highest BCUT2D eigenvalue weighted by molar-refractivity contribution is 9.10. The molecule has 0 saturated carbocycles. The van der Waals surface area contributed by atoms with Crippen LogP contribution in [0, 0.1) is 11.8 Å². The van der Waals surface area contributed by atoms with E-state index in [9.17, 15) is 0 Å². The summed E-state index contributed by atoms with van der Waals surface area (Å²) in [5, 5.41) is 0. The molecule has 20 heavy (non-hydrogen) atoms. The second-order valence-corrected chi connectivity index (χ2v) is 7.30. The van der Waals surface area contributed by atoms with Gasteiger partial charge in [0.05, 0.1) is 0 Å². The topological polar surface area (TPSA) is 29.3 Å². The molecule has 3 heteroatoms. The number of nitrogens with zero attached hydrogens (tertiary/aromatic N) is 1. The Hall–Kier alpha value is -0.540. The standard InChI is InChI=1S/C17H27BrN2/c1-4-16(19)9-13-5-6-15(18)10-17(13)20-8-7-14(11-20)12(2)3/h5-6,10,12,14,16H,4,7-9,11,19H2,1-3H3. The summed E-state index contributed by atoms with van der Waals surface area (Å²) in [5.41, 5.74) is 8.93. The van der Waals surface area contributed by atoms with Crippen molar-refractivity contribution in [1.82, 2.24) is 0 Å². The fourth-order valence-electron chi connectivity index (χ4n) is 2.98. The lowest BCUT2D eigenvalue weighted by Gasteiger charge is -2.24. The molecule has 2 nitrogen and oxygen atoms in total. The molecule has 1 aromatic carbocycles. The molecule has 0 radical (unpaired) electrons. The average molecular weight is 339 g/mol. The van der Waals surface area contributed by atoms with Gasteiger partial charge in [0.1, 0.15) is 0 Å². The first-order valence-corrected chi connectivity index (χ1v) is 8.59. The van der Waals surface area contributed by atoms with E-state index >= 15 is 0 Å². The molecule has 1 fully saturated rings. The monoisotopic (exact) mass is 338 g/mol. The van der Waals surface area contributed by atoms with Gasteiger partial charge in [-0.25, -0.2) is 0 Å². The average Bonchev–Trinajstić information content (AvgIpc) is 2.90. The summed E-state index contributed by atoms with van der Waals surface area (Å²) in [6.07, 6.45) is 3.32. The molecule has 2 unspecified atom stereocenters. The van der Waals surface area contributed by atoms with Crippen molar-refractivity contribution in [2.24, 2.45) is 17.6 Å². The van der Waals surface area contributed by atoms with Crippen molar-refractivity contribution in [3.05, 3.63) is 28.2 Å².